The molecule has 0 bridgehead atoms. The van der Waals surface area contributed by atoms with Crippen molar-refractivity contribution in [2.24, 2.45) is 0 Å². The molecule has 1 saturated heterocycles. The Morgan fingerprint density at radius 3 is 2.83 bits per heavy atom. The van der Waals surface area contributed by atoms with E-state index in [1.165, 1.54) is 0 Å². The number of piperidine rings is 1. The topological polar surface area (TPSA) is 58.4 Å². The van der Waals surface area contributed by atoms with E-state index in [1.54, 1.807) is 13.3 Å². The SMILES string of the molecule is COc1ccccc1OC1CCCN(c2cccnc2C#N)C1. The summed E-state index contributed by atoms with van der Waals surface area (Å²) >= 11 is 0. The molecule has 118 valence electrons. The third kappa shape index (κ3) is 3.37. The van der Waals surface area contributed by atoms with E-state index < -0.39 is 0 Å². The van der Waals surface area contributed by atoms with Crippen molar-refractivity contribution in [1.29, 1.82) is 5.26 Å². The smallest absolute Gasteiger partial charge is 0.163 e. The first-order chi connectivity index (χ1) is 11.3. The van der Waals surface area contributed by atoms with Gasteiger partial charge in [0, 0.05) is 12.7 Å². The average Bonchev–Trinajstić information content (AvgIpc) is 2.62. The van der Waals surface area contributed by atoms with E-state index in [9.17, 15) is 5.26 Å². The Labute approximate surface area is 136 Å². The molecular weight excluding hydrogens is 290 g/mol. The molecule has 2 aromatic rings. The fourth-order valence-electron chi connectivity index (χ4n) is 2.89. The van der Waals surface area contributed by atoms with Crippen LogP contribution < -0.4 is 14.4 Å². The molecule has 1 aliphatic heterocycles. The molecule has 23 heavy (non-hydrogen) atoms. The maximum atomic E-state index is 9.23. The predicted octanol–water partition coefficient (Wildman–Crippen LogP) is 3.01. The molecule has 0 aliphatic carbocycles. The first-order valence-electron chi connectivity index (χ1n) is 7.71. The number of nitrogens with zero attached hydrogens (tertiary/aromatic N) is 3. The number of methoxy groups -OCH3 is 1. The van der Waals surface area contributed by atoms with Crippen molar-refractivity contribution in [3.05, 3.63) is 48.3 Å². The monoisotopic (exact) mass is 309 g/mol. The summed E-state index contributed by atoms with van der Waals surface area (Å²) in [4.78, 5) is 6.32. The van der Waals surface area contributed by atoms with Gasteiger partial charge in [-0.05, 0) is 37.1 Å². The highest BCUT2D eigenvalue weighted by Crippen LogP contribution is 2.30. The second kappa shape index (κ2) is 7.01. The predicted molar refractivity (Wildman–Crippen MR) is 87.8 cm³/mol. The van der Waals surface area contributed by atoms with Crippen molar-refractivity contribution in [2.75, 3.05) is 25.1 Å². The lowest BCUT2D eigenvalue weighted by molar-refractivity contribution is 0.172. The number of para-hydroxylation sites is 2. The maximum Gasteiger partial charge on any atom is 0.163 e. The Morgan fingerprint density at radius 2 is 2.04 bits per heavy atom. The van der Waals surface area contributed by atoms with Crippen LogP contribution >= 0.6 is 0 Å². The molecule has 1 aromatic heterocycles. The number of aromatic nitrogens is 1. The van der Waals surface area contributed by atoms with Gasteiger partial charge < -0.3 is 14.4 Å². The molecule has 0 N–H and O–H groups in total. The van der Waals surface area contributed by atoms with Gasteiger partial charge in [0.05, 0.1) is 19.3 Å². The third-order valence-electron chi connectivity index (χ3n) is 3.97. The minimum atomic E-state index is 0.0619. The summed E-state index contributed by atoms with van der Waals surface area (Å²) in [6.45, 7) is 1.64. The molecule has 0 radical (unpaired) electrons. The molecule has 3 rings (SSSR count). The molecular formula is C18H19N3O2. The van der Waals surface area contributed by atoms with Crippen LogP contribution in [0.25, 0.3) is 0 Å². The maximum absolute atomic E-state index is 9.23. The van der Waals surface area contributed by atoms with Gasteiger partial charge >= 0.3 is 0 Å². The van der Waals surface area contributed by atoms with Gasteiger partial charge in [-0.1, -0.05) is 12.1 Å². The van der Waals surface area contributed by atoms with Crippen LogP contribution in [-0.2, 0) is 0 Å². The summed E-state index contributed by atoms with van der Waals surface area (Å²) in [5, 5.41) is 9.23. The lowest BCUT2D eigenvalue weighted by atomic mass is 10.1. The normalized spacial score (nSPS) is 17.4. The zero-order chi connectivity index (χ0) is 16.1. The molecule has 0 spiro atoms. The first kappa shape index (κ1) is 15.2. The number of ether oxygens (including phenoxy) is 2. The van der Waals surface area contributed by atoms with Gasteiger partial charge in [-0.15, -0.1) is 0 Å². The van der Waals surface area contributed by atoms with E-state index in [-0.39, 0.29) is 6.10 Å². The molecule has 2 heterocycles. The summed E-state index contributed by atoms with van der Waals surface area (Å²) < 4.78 is 11.5. The molecule has 0 amide bonds. The quantitative estimate of drug-likeness (QED) is 0.869. The second-order valence-corrected chi connectivity index (χ2v) is 5.46. The zero-order valence-corrected chi connectivity index (χ0v) is 13.1. The number of hydrogen-bond donors (Lipinski definition) is 0. The van der Waals surface area contributed by atoms with Gasteiger partial charge in [0.1, 0.15) is 12.2 Å². The standard InChI is InChI=1S/C18H19N3O2/c1-22-17-8-2-3-9-18(17)23-14-6-5-11-21(13-14)16-7-4-10-20-15(16)12-19/h2-4,7-10,14H,5-6,11,13H2,1H3. The van der Waals surface area contributed by atoms with Crippen molar-refractivity contribution in [3.63, 3.8) is 0 Å². The fourth-order valence-corrected chi connectivity index (χ4v) is 2.89. The van der Waals surface area contributed by atoms with Crippen LogP contribution in [0.4, 0.5) is 5.69 Å². The van der Waals surface area contributed by atoms with Crippen LogP contribution in [0.2, 0.25) is 0 Å². The summed E-state index contributed by atoms with van der Waals surface area (Å²) in [6.07, 6.45) is 3.71. The van der Waals surface area contributed by atoms with Crippen molar-refractivity contribution in [1.82, 2.24) is 4.98 Å². The summed E-state index contributed by atoms with van der Waals surface area (Å²) in [5.74, 6) is 1.50. The van der Waals surface area contributed by atoms with Crippen molar-refractivity contribution in [2.45, 2.75) is 18.9 Å². The van der Waals surface area contributed by atoms with Crippen molar-refractivity contribution in [3.8, 4) is 17.6 Å². The van der Waals surface area contributed by atoms with Crippen LogP contribution in [0.3, 0.4) is 0 Å². The van der Waals surface area contributed by atoms with Gasteiger partial charge in [0.2, 0.25) is 0 Å². The van der Waals surface area contributed by atoms with Gasteiger partial charge in [-0.25, -0.2) is 4.98 Å². The van der Waals surface area contributed by atoms with Crippen LogP contribution in [-0.4, -0.2) is 31.3 Å². The average molecular weight is 309 g/mol. The van der Waals surface area contributed by atoms with Crippen LogP contribution in [0, 0.1) is 11.3 Å². The molecule has 0 saturated carbocycles. The largest absolute Gasteiger partial charge is 0.493 e. The Kier molecular flexibility index (Phi) is 4.62. The minimum absolute atomic E-state index is 0.0619. The second-order valence-electron chi connectivity index (χ2n) is 5.46. The summed E-state index contributed by atoms with van der Waals surface area (Å²) in [7, 11) is 1.64. The lowest BCUT2D eigenvalue weighted by Gasteiger charge is -2.34. The Bertz CT molecular complexity index is 711. The molecule has 1 fully saturated rings. The molecule has 5 nitrogen and oxygen atoms in total. The highest BCUT2D eigenvalue weighted by Gasteiger charge is 2.24. The fraction of sp³-hybridized carbons (Fsp3) is 0.333. The van der Waals surface area contributed by atoms with E-state index in [0.717, 1.165) is 43.1 Å². The van der Waals surface area contributed by atoms with Gasteiger partial charge in [0.25, 0.3) is 0 Å². The van der Waals surface area contributed by atoms with Gasteiger partial charge in [0.15, 0.2) is 17.2 Å². The minimum Gasteiger partial charge on any atom is -0.493 e. The highest BCUT2D eigenvalue weighted by atomic mass is 16.5. The molecule has 1 unspecified atom stereocenters. The summed E-state index contributed by atoms with van der Waals surface area (Å²) in [5.41, 5.74) is 1.34. The van der Waals surface area contributed by atoms with E-state index in [4.69, 9.17) is 9.47 Å². The number of hydrogen-bond acceptors (Lipinski definition) is 5. The number of anilines is 1. The third-order valence-corrected chi connectivity index (χ3v) is 3.97. The van der Waals surface area contributed by atoms with E-state index in [0.29, 0.717) is 5.69 Å². The van der Waals surface area contributed by atoms with E-state index in [1.807, 2.05) is 36.4 Å². The number of nitriles is 1. The Morgan fingerprint density at radius 1 is 1.22 bits per heavy atom. The van der Waals surface area contributed by atoms with E-state index >= 15 is 0 Å². The van der Waals surface area contributed by atoms with Crippen molar-refractivity contribution < 1.29 is 9.47 Å². The lowest BCUT2D eigenvalue weighted by Crippen LogP contribution is -2.41. The Hall–Kier alpha value is -2.74. The van der Waals surface area contributed by atoms with Crippen LogP contribution in [0.5, 0.6) is 11.5 Å². The highest BCUT2D eigenvalue weighted by molar-refractivity contribution is 5.56. The molecule has 1 aliphatic rings. The number of rotatable bonds is 4. The van der Waals surface area contributed by atoms with Crippen LogP contribution in [0.15, 0.2) is 42.6 Å². The molecule has 5 heteroatoms. The van der Waals surface area contributed by atoms with Gasteiger partial charge in [-0.2, -0.15) is 5.26 Å². The number of benzene rings is 1. The molecule has 1 atom stereocenters. The number of pyridine rings is 1. The van der Waals surface area contributed by atoms with Gasteiger partial charge in [-0.3, -0.25) is 0 Å². The summed E-state index contributed by atoms with van der Waals surface area (Å²) in [6, 6.07) is 13.6. The van der Waals surface area contributed by atoms with E-state index in [2.05, 4.69) is 16.0 Å². The van der Waals surface area contributed by atoms with Crippen molar-refractivity contribution >= 4 is 5.69 Å². The Balaban J connectivity index is 1.75. The van der Waals surface area contributed by atoms with Crippen LogP contribution in [0.1, 0.15) is 18.5 Å². The molecule has 1 aromatic carbocycles. The zero-order valence-electron chi connectivity index (χ0n) is 13.1. The first-order valence-corrected chi connectivity index (χ1v) is 7.71.